The molecule has 0 fully saturated rings. The van der Waals surface area contributed by atoms with Crippen molar-refractivity contribution in [3.05, 3.63) is 59.2 Å². The lowest BCUT2D eigenvalue weighted by atomic mass is 10.0. The highest BCUT2D eigenvalue weighted by Crippen LogP contribution is 2.21. The van der Waals surface area contributed by atoms with Crippen molar-refractivity contribution in [2.24, 2.45) is 5.92 Å². The normalized spacial score (nSPS) is 10.7. The van der Waals surface area contributed by atoms with E-state index in [1.54, 1.807) is 7.11 Å². The van der Waals surface area contributed by atoms with Gasteiger partial charge in [0.1, 0.15) is 5.75 Å². The van der Waals surface area contributed by atoms with E-state index in [0.29, 0.717) is 5.92 Å². The largest absolute Gasteiger partial charge is 0.497 e. The van der Waals surface area contributed by atoms with Crippen molar-refractivity contribution in [1.82, 2.24) is 0 Å². The fourth-order valence-corrected chi connectivity index (χ4v) is 2.42. The number of hydrogen-bond acceptors (Lipinski definition) is 2. The summed E-state index contributed by atoms with van der Waals surface area (Å²) in [5.41, 5.74) is 5.07. The first kappa shape index (κ1) is 15.4. The van der Waals surface area contributed by atoms with E-state index in [0.717, 1.165) is 24.4 Å². The van der Waals surface area contributed by atoms with E-state index in [4.69, 9.17) is 4.74 Å². The Morgan fingerprint density at radius 1 is 1.00 bits per heavy atom. The van der Waals surface area contributed by atoms with Crippen molar-refractivity contribution >= 4 is 5.69 Å². The molecule has 0 amide bonds. The maximum atomic E-state index is 5.23. The molecule has 0 saturated heterocycles. The maximum Gasteiger partial charge on any atom is 0.119 e. The minimum atomic E-state index is 0.705. The summed E-state index contributed by atoms with van der Waals surface area (Å²) in [5.74, 6) is 1.60. The van der Waals surface area contributed by atoms with Crippen molar-refractivity contribution in [3.63, 3.8) is 0 Å². The van der Waals surface area contributed by atoms with Crippen molar-refractivity contribution in [1.29, 1.82) is 0 Å². The molecule has 0 radical (unpaired) electrons. The molecular formula is C19H25NO. The standard InChI is InChI=1S/C19H25NO/c1-14(2)11-16-5-7-17(8-6-16)13-20-19-10-9-18(21-4)12-15(19)3/h5-10,12,14,20H,11,13H2,1-4H3. The van der Waals surface area contributed by atoms with Crippen LogP contribution >= 0.6 is 0 Å². The molecule has 0 aromatic heterocycles. The van der Waals surface area contributed by atoms with E-state index in [2.05, 4.69) is 56.4 Å². The van der Waals surface area contributed by atoms with Crippen LogP contribution in [0.2, 0.25) is 0 Å². The Morgan fingerprint density at radius 3 is 2.24 bits per heavy atom. The van der Waals surface area contributed by atoms with Crippen molar-refractivity contribution < 1.29 is 4.74 Å². The smallest absolute Gasteiger partial charge is 0.119 e. The van der Waals surface area contributed by atoms with Crippen LogP contribution in [0, 0.1) is 12.8 Å². The third-order valence-electron chi connectivity index (χ3n) is 3.58. The van der Waals surface area contributed by atoms with Gasteiger partial charge >= 0.3 is 0 Å². The third kappa shape index (κ3) is 4.52. The van der Waals surface area contributed by atoms with Crippen molar-refractivity contribution in [2.45, 2.75) is 33.7 Å². The van der Waals surface area contributed by atoms with Crippen LogP contribution in [0.15, 0.2) is 42.5 Å². The number of rotatable bonds is 6. The second-order valence-electron chi connectivity index (χ2n) is 5.95. The average molecular weight is 283 g/mol. The monoisotopic (exact) mass is 283 g/mol. The van der Waals surface area contributed by atoms with Gasteiger partial charge in [0.15, 0.2) is 0 Å². The first-order chi connectivity index (χ1) is 10.1. The summed E-state index contributed by atoms with van der Waals surface area (Å²) in [6.07, 6.45) is 1.14. The van der Waals surface area contributed by atoms with Crippen LogP contribution in [0.25, 0.3) is 0 Å². The van der Waals surface area contributed by atoms with E-state index < -0.39 is 0 Å². The summed E-state index contributed by atoms with van der Waals surface area (Å²) in [6.45, 7) is 7.44. The van der Waals surface area contributed by atoms with Gasteiger partial charge in [-0.05, 0) is 54.2 Å². The first-order valence-corrected chi connectivity index (χ1v) is 7.55. The molecule has 0 atom stereocenters. The molecule has 0 heterocycles. The van der Waals surface area contributed by atoms with Crippen LogP contribution in [0.3, 0.4) is 0 Å². The van der Waals surface area contributed by atoms with Gasteiger partial charge in [0.05, 0.1) is 7.11 Å². The number of benzene rings is 2. The molecule has 0 unspecified atom stereocenters. The zero-order valence-electron chi connectivity index (χ0n) is 13.4. The molecule has 0 aliphatic rings. The second kappa shape index (κ2) is 7.16. The van der Waals surface area contributed by atoms with Gasteiger partial charge in [-0.3, -0.25) is 0 Å². The van der Waals surface area contributed by atoms with E-state index >= 15 is 0 Å². The van der Waals surface area contributed by atoms with Crippen LogP contribution in [0.4, 0.5) is 5.69 Å². The molecule has 0 spiro atoms. The molecule has 1 N–H and O–H groups in total. The molecule has 2 rings (SSSR count). The van der Waals surface area contributed by atoms with E-state index in [1.165, 1.54) is 16.7 Å². The highest BCUT2D eigenvalue weighted by Gasteiger charge is 2.01. The lowest BCUT2D eigenvalue weighted by Gasteiger charge is -2.12. The molecule has 112 valence electrons. The summed E-state index contributed by atoms with van der Waals surface area (Å²) >= 11 is 0. The molecule has 2 aromatic carbocycles. The zero-order valence-corrected chi connectivity index (χ0v) is 13.4. The van der Waals surface area contributed by atoms with Crippen LogP contribution in [0.1, 0.15) is 30.5 Å². The fraction of sp³-hybridized carbons (Fsp3) is 0.368. The van der Waals surface area contributed by atoms with E-state index in [9.17, 15) is 0 Å². The Labute approximate surface area is 128 Å². The molecule has 0 aliphatic carbocycles. The van der Waals surface area contributed by atoms with Gasteiger partial charge in [-0.25, -0.2) is 0 Å². The number of aryl methyl sites for hydroxylation is 1. The number of nitrogens with one attached hydrogen (secondary N) is 1. The number of anilines is 1. The SMILES string of the molecule is COc1ccc(NCc2ccc(CC(C)C)cc2)c(C)c1. The highest BCUT2D eigenvalue weighted by atomic mass is 16.5. The van der Waals surface area contributed by atoms with Gasteiger partial charge in [0.2, 0.25) is 0 Å². The van der Waals surface area contributed by atoms with Crippen LogP contribution in [-0.4, -0.2) is 7.11 Å². The summed E-state index contributed by atoms with van der Waals surface area (Å²) in [4.78, 5) is 0. The van der Waals surface area contributed by atoms with Gasteiger partial charge in [-0.2, -0.15) is 0 Å². The van der Waals surface area contributed by atoms with Crippen molar-refractivity contribution in [2.75, 3.05) is 12.4 Å². The van der Waals surface area contributed by atoms with Crippen LogP contribution in [-0.2, 0) is 13.0 Å². The predicted molar refractivity (Wildman–Crippen MR) is 90.0 cm³/mol. The Hall–Kier alpha value is -1.96. The molecule has 21 heavy (non-hydrogen) atoms. The van der Waals surface area contributed by atoms with E-state index in [1.807, 2.05) is 12.1 Å². The lowest BCUT2D eigenvalue weighted by Crippen LogP contribution is -2.02. The van der Waals surface area contributed by atoms with Gasteiger partial charge < -0.3 is 10.1 Å². The molecule has 2 heteroatoms. The second-order valence-corrected chi connectivity index (χ2v) is 5.95. The molecule has 2 aromatic rings. The van der Waals surface area contributed by atoms with Crippen molar-refractivity contribution in [3.8, 4) is 5.75 Å². The molecular weight excluding hydrogens is 258 g/mol. The minimum absolute atomic E-state index is 0.705. The number of hydrogen-bond donors (Lipinski definition) is 1. The maximum absolute atomic E-state index is 5.23. The molecule has 2 nitrogen and oxygen atoms in total. The van der Waals surface area contributed by atoms with Gasteiger partial charge in [-0.1, -0.05) is 38.1 Å². The van der Waals surface area contributed by atoms with Gasteiger partial charge in [-0.15, -0.1) is 0 Å². The lowest BCUT2D eigenvalue weighted by molar-refractivity contribution is 0.414. The summed E-state index contributed by atoms with van der Waals surface area (Å²) in [5, 5.41) is 3.49. The Balaban J connectivity index is 1.96. The zero-order chi connectivity index (χ0) is 15.2. The highest BCUT2D eigenvalue weighted by molar-refractivity contribution is 5.53. The Kier molecular flexibility index (Phi) is 5.26. The third-order valence-corrected chi connectivity index (χ3v) is 3.58. The Morgan fingerprint density at radius 2 is 1.67 bits per heavy atom. The van der Waals surface area contributed by atoms with Gasteiger partial charge in [0.25, 0.3) is 0 Å². The van der Waals surface area contributed by atoms with E-state index in [-0.39, 0.29) is 0 Å². The molecule has 0 saturated carbocycles. The molecule has 0 aliphatic heterocycles. The average Bonchev–Trinajstić information content (AvgIpc) is 2.47. The Bertz CT molecular complexity index is 573. The number of methoxy groups -OCH3 is 1. The van der Waals surface area contributed by atoms with Gasteiger partial charge in [0, 0.05) is 12.2 Å². The summed E-state index contributed by atoms with van der Waals surface area (Å²) in [6, 6.07) is 15.0. The minimum Gasteiger partial charge on any atom is -0.497 e. The number of ether oxygens (including phenoxy) is 1. The quantitative estimate of drug-likeness (QED) is 0.821. The summed E-state index contributed by atoms with van der Waals surface area (Å²) in [7, 11) is 1.70. The topological polar surface area (TPSA) is 21.3 Å². The predicted octanol–water partition coefficient (Wildman–Crippen LogP) is 4.81. The van der Waals surface area contributed by atoms with Crippen LogP contribution < -0.4 is 10.1 Å². The summed E-state index contributed by atoms with van der Waals surface area (Å²) < 4.78 is 5.23. The fourth-order valence-electron chi connectivity index (χ4n) is 2.42. The van der Waals surface area contributed by atoms with Crippen LogP contribution in [0.5, 0.6) is 5.75 Å². The first-order valence-electron chi connectivity index (χ1n) is 7.55. The molecule has 0 bridgehead atoms.